The lowest BCUT2D eigenvalue weighted by molar-refractivity contribution is -0.140. The molecule has 7 heteroatoms. The van der Waals surface area contributed by atoms with E-state index < -0.39 is 0 Å². The summed E-state index contributed by atoms with van der Waals surface area (Å²) >= 11 is 0. The van der Waals surface area contributed by atoms with Crippen molar-refractivity contribution >= 4 is 11.6 Å². The number of anilines is 1. The maximum absolute atomic E-state index is 12.6. The zero-order valence-corrected chi connectivity index (χ0v) is 14.7. The minimum atomic E-state index is -0.280. The predicted molar refractivity (Wildman–Crippen MR) is 94.9 cm³/mol. The maximum atomic E-state index is 12.6. The predicted octanol–water partition coefficient (Wildman–Crippen LogP) is 1.29. The van der Waals surface area contributed by atoms with Crippen LogP contribution in [0.2, 0.25) is 0 Å². The topological polar surface area (TPSA) is 67.7 Å². The SMILES string of the molecule is COc1cccc([C@@H]2CCN2C(=O)Cn2ncc(N(C)C)cc2=O)c1. The summed E-state index contributed by atoms with van der Waals surface area (Å²) in [5.41, 5.74) is 1.48. The van der Waals surface area contributed by atoms with Crippen LogP contribution in [0.3, 0.4) is 0 Å². The average Bonchev–Trinajstić information content (AvgIpc) is 2.55. The molecular formula is C18H22N4O3. The Bertz CT molecular complexity index is 831. The minimum absolute atomic E-state index is 0.0272. The fourth-order valence-corrected chi connectivity index (χ4v) is 2.89. The standard InChI is InChI=1S/C18H22N4O3/c1-20(2)14-10-17(23)22(19-11-14)12-18(24)21-8-7-16(21)13-5-4-6-15(9-13)25-3/h4-6,9-11,16H,7-8,12H2,1-3H3/t16-/m0/s1. The summed E-state index contributed by atoms with van der Waals surface area (Å²) in [5.74, 6) is 0.667. The van der Waals surface area contributed by atoms with E-state index in [1.165, 1.54) is 10.7 Å². The highest BCUT2D eigenvalue weighted by molar-refractivity contribution is 5.77. The third kappa shape index (κ3) is 3.50. The highest BCUT2D eigenvalue weighted by atomic mass is 16.5. The molecule has 132 valence electrons. The van der Waals surface area contributed by atoms with Crippen molar-refractivity contribution in [3.8, 4) is 5.75 Å². The summed E-state index contributed by atoms with van der Waals surface area (Å²) in [5, 5.41) is 4.10. The number of aromatic nitrogens is 2. The largest absolute Gasteiger partial charge is 0.497 e. The van der Waals surface area contributed by atoms with Crippen LogP contribution in [0.4, 0.5) is 5.69 Å². The van der Waals surface area contributed by atoms with Crippen molar-refractivity contribution in [3.63, 3.8) is 0 Å². The zero-order chi connectivity index (χ0) is 18.0. The van der Waals surface area contributed by atoms with E-state index in [0.29, 0.717) is 12.2 Å². The van der Waals surface area contributed by atoms with E-state index in [0.717, 1.165) is 17.7 Å². The molecule has 1 fully saturated rings. The number of ether oxygens (including phenoxy) is 1. The van der Waals surface area contributed by atoms with Crippen LogP contribution in [0, 0.1) is 0 Å². The van der Waals surface area contributed by atoms with Gasteiger partial charge in [0.1, 0.15) is 12.3 Å². The van der Waals surface area contributed by atoms with Gasteiger partial charge in [-0.3, -0.25) is 9.59 Å². The van der Waals surface area contributed by atoms with Crippen molar-refractivity contribution in [1.82, 2.24) is 14.7 Å². The van der Waals surface area contributed by atoms with Gasteiger partial charge < -0.3 is 14.5 Å². The molecule has 1 atom stereocenters. The molecule has 1 saturated heterocycles. The molecule has 1 aromatic carbocycles. The van der Waals surface area contributed by atoms with Gasteiger partial charge in [0.25, 0.3) is 5.56 Å². The van der Waals surface area contributed by atoms with Gasteiger partial charge in [-0.25, -0.2) is 4.68 Å². The van der Waals surface area contributed by atoms with E-state index in [4.69, 9.17) is 4.74 Å². The van der Waals surface area contributed by atoms with E-state index >= 15 is 0 Å². The quantitative estimate of drug-likeness (QED) is 0.819. The van der Waals surface area contributed by atoms with E-state index in [9.17, 15) is 9.59 Å². The number of benzene rings is 1. The summed E-state index contributed by atoms with van der Waals surface area (Å²) in [6.07, 6.45) is 2.49. The van der Waals surface area contributed by atoms with Crippen LogP contribution < -0.4 is 15.2 Å². The van der Waals surface area contributed by atoms with Crippen molar-refractivity contribution in [2.45, 2.75) is 19.0 Å². The van der Waals surface area contributed by atoms with Crippen molar-refractivity contribution < 1.29 is 9.53 Å². The molecule has 0 saturated carbocycles. The van der Waals surface area contributed by atoms with E-state index in [1.54, 1.807) is 23.1 Å². The zero-order valence-electron chi connectivity index (χ0n) is 14.7. The Morgan fingerprint density at radius 2 is 2.16 bits per heavy atom. The minimum Gasteiger partial charge on any atom is -0.497 e. The van der Waals surface area contributed by atoms with Gasteiger partial charge in [0.15, 0.2) is 0 Å². The van der Waals surface area contributed by atoms with Crippen LogP contribution in [-0.2, 0) is 11.3 Å². The molecule has 2 aromatic rings. The molecule has 1 aromatic heterocycles. The van der Waals surface area contributed by atoms with Crippen LogP contribution in [0.5, 0.6) is 5.75 Å². The first-order valence-electron chi connectivity index (χ1n) is 8.17. The van der Waals surface area contributed by atoms with Crippen LogP contribution in [-0.4, -0.2) is 48.3 Å². The highest BCUT2D eigenvalue weighted by Crippen LogP contribution is 2.34. The average molecular weight is 342 g/mol. The lowest BCUT2D eigenvalue weighted by Gasteiger charge is -2.41. The Kier molecular flexibility index (Phi) is 4.74. The maximum Gasteiger partial charge on any atom is 0.269 e. The van der Waals surface area contributed by atoms with Gasteiger partial charge in [0.2, 0.25) is 5.91 Å². The Hall–Kier alpha value is -2.83. The molecule has 25 heavy (non-hydrogen) atoms. The number of carbonyl (C=O) groups is 1. The van der Waals surface area contributed by atoms with Crippen LogP contribution in [0.15, 0.2) is 41.3 Å². The van der Waals surface area contributed by atoms with Gasteiger partial charge in [-0.1, -0.05) is 12.1 Å². The number of amides is 1. The van der Waals surface area contributed by atoms with Crippen LogP contribution >= 0.6 is 0 Å². The molecule has 1 amide bonds. The molecule has 7 nitrogen and oxygen atoms in total. The highest BCUT2D eigenvalue weighted by Gasteiger charge is 2.33. The lowest BCUT2D eigenvalue weighted by Crippen LogP contribution is -2.47. The molecule has 1 aliphatic heterocycles. The van der Waals surface area contributed by atoms with Crippen molar-refractivity contribution in [3.05, 3.63) is 52.4 Å². The number of methoxy groups -OCH3 is 1. The monoisotopic (exact) mass is 342 g/mol. The molecule has 1 aliphatic rings. The first-order chi connectivity index (χ1) is 12.0. The fourth-order valence-electron chi connectivity index (χ4n) is 2.89. The Morgan fingerprint density at radius 3 is 2.76 bits per heavy atom. The number of likely N-dealkylation sites (tertiary alicyclic amines) is 1. The molecule has 0 bridgehead atoms. The smallest absolute Gasteiger partial charge is 0.269 e. The summed E-state index contributed by atoms with van der Waals surface area (Å²) < 4.78 is 6.45. The molecule has 0 aliphatic carbocycles. The summed E-state index contributed by atoms with van der Waals surface area (Å²) in [7, 11) is 5.30. The Labute approximate surface area is 146 Å². The fraction of sp³-hybridized carbons (Fsp3) is 0.389. The third-order valence-corrected chi connectivity index (χ3v) is 4.48. The van der Waals surface area contributed by atoms with Gasteiger partial charge in [-0.15, -0.1) is 0 Å². The second-order valence-electron chi connectivity index (χ2n) is 6.27. The Morgan fingerprint density at radius 1 is 1.36 bits per heavy atom. The van der Waals surface area contributed by atoms with Crippen molar-refractivity contribution in [2.24, 2.45) is 0 Å². The first kappa shape index (κ1) is 17.0. The van der Waals surface area contributed by atoms with Crippen molar-refractivity contribution in [1.29, 1.82) is 0 Å². The summed E-state index contributed by atoms with van der Waals surface area (Å²) in [6.45, 7) is 0.637. The molecule has 0 N–H and O–H groups in total. The number of rotatable bonds is 5. The third-order valence-electron chi connectivity index (χ3n) is 4.48. The van der Waals surface area contributed by atoms with Gasteiger partial charge in [-0.2, -0.15) is 5.10 Å². The van der Waals surface area contributed by atoms with Gasteiger partial charge in [0.05, 0.1) is 25.0 Å². The van der Waals surface area contributed by atoms with Gasteiger partial charge in [-0.05, 0) is 24.1 Å². The second kappa shape index (κ2) is 6.96. The van der Waals surface area contributed by atoms with Crippen molar-refractivity contribution in [2.75, 3.05) is 32.6 Å². The molecule has 0 unspecified atom stereocenters. The first-order valence-corrected chi connectivity index (χ1v) is 8.17. The second-order valence-corrected chi connectivity index (χ2v) is 6.27. The Balaban J connectivity index is 1.72. The van der Waals surface area contributed by atoms with Crippen LogP contribution in [0.1, 0.15) is 18.0 Å². The van der Waals surface area contributed by atoms with Gasteiger partial charge >= 0.3 is 0 Å². The molecule has 3 rings (SSSR count). The summed E-state index contributed by atoms with van der Waals surface area (Å²) in [4.78, 5) is 28.3. The number of carbonyl (C=O) groups excluding carboxylic acids is 1. The van der Waals surface area contributed by atoms with Crippen LogP contribution in [0.25, 0.3) is 0 Å². The molecular weight excluding hydrogens is 320 g/mol. The number of hydrogen-bond acceptors (Lipinski definition) is 5. The van der Waals surface area contributed by atoms with E-state index in [2.05, 4.69) is 5.10 Å². The molecule has 2 heterocycles. The van der Waals surface area contributed by atoms with Gasteiger partial charge in [0, 0.05) is 26.7 Å². The molecule has 0 radical (unpaired) electrons. The molecule has 0 spiro atoms. The van der Waals surface area contributed by atoms with E-state index in [-0.39, 0.29) is 24.1 Å². The number of nitrogens with zero attached hydrogens (tertiary/aromatic N) is 4. The van der Waals surface area contributed by atoms with E-state index in [1.807, 2.05) is 38.4 Å². The number of hydrogen-bond donors (Lipinski definition) is 0. The lowest BCUT2D eigenvalue weighted by atomic mass is 9.94. The normalized spacial score (nSPS) is 16.3. The summed E-state index contributed by atoms with van der Waals surface area (Å²) in [6, 6.07) is 9.24.